The van der Waals surface area contributed by atoms with Crippen molar-refractivity contribution in [2.24, 2.45) is 0 Å². The maximum Gasteiger partial charge on any atom is 0.321 e. The molecule has 0 radical (unpaired) electrons. The molecule has 2 amide bonds. The van der Waals surface area contributed by atoms with Gasteiger partial charge in [0.2, 0.25) is 0 Å². The number of amides is 2. The fourth-order valence-corrected chi connectivity index (χ4v) is 3.38. The smallest absolute Gasteiger partial charge is 0.321 e. The number of aryl methyl sites for hydroxylation is 3. The second-order valence-electron chi connectivity index (χ2n) is 7.35. The van der Waals surface area contributed by atoms with Crippen LogP contribution in [0.4, 0.5) is 16.3 Å². The van der Waals surface area contributed by atoms with Gasteiger partial charge in [-0.15, -0.1) is 0 Å². The number of carbonyl (C=O) groups excluding carboxylic acids is 1. The van der Waals surface area contributed by atoms with Crippen molar-refractivity contribution in [3.05, 3.63) is 53.2 Å². The topological polar surface area (TPSA) is 48.5 Å². The molecule has 2 aromatic rings. The number of anilines is 2. The van der Waals surface area contributed by atoms with Gasteiger partial charge in [-0.2, -0.15) is 0 Å². The molecular formula is C22H30N4O. The number of nitrogens with one attached hydrogen (secondary N) is 1. The second-order valence-corrected chi connectivity index (χ2v) is 7.35. The van der Waals surface area contributed by atoms with Crippen LogP contribution in [0, 0.1) is 13.8 Å². The Bertz CT molecular complexity index is 764. The van der Waals surface area contributed by atoms with Crippen LogP contribution in [-0.4, -0.2) is 42.1 Å². The number of nitrogens with zero attached hydrogens (tertiary/aromatic N) is 3. The maximum absolute atomic E-state index is 12.6. The Balaban J connectivity index is 1.54. The normalized spacial score (nSPS) is 14.3. The van der Waals surface area contributed by atoms with E-state index in [1.807, 2.05) is 24.1 Å². The summed E-state index contributed by atoms with van der Waals surface area (Å²) in [7, 11) is 0. The standard InChI is InChI=1S/C22H30N4O/c1-4-5-6-19-8-9-20(18(3)15-19)24-22(27)26-13-11-25(12-14-26)21-10-7-17(2)16-23-21/h7-10,15-16H,4-6,11-14H2,1-3H3,(H,24,27). The first kappa shape index (κ1) is 19.2. The molecule has 1 aromatic carbocycles. The summed E-state index contributed by atoms with van der Waals surface area (Å²) in [6.07, 6.45) is 5.38. The van der Waals surface area contributed by atoms with E-state index in [1.165, 1.54) is 18.4 Å². The monoisotopic (exact) mass is 366 g/mol. The molecule has 1 aliphatic rings. The Labute approximate surface area is 162 Å². The number of unbranched alkanes of at least 4 members (excludes halogenated alkanes) is 1. The van der Waals surface area contributed by atoms with Gasteiger partial charge in [0.1, 0.15) is 5.82 Å². The van der Waals surface area contributed by atoms with Gasteiger partial charge in [0.15, 0.2) is 0 Å². The molecule has 5 heteroatoms. The lowest BCUT2D eigenvalue weighted by molar-refractivity contribution is 0.208. The summed E-state index contributed by atoms with van der Waals surface area (Å²) >= 11 is 0. The highest BCUT2D eigenvalue weighted by molar-refractivity contribution is 5.90. The lowest BCUT2D eigenvalue weighted by Crippen LogP contribution is -2.50. The highest BCUT2D eigenvalue weighted by Gasteiger charge is 2.22. The van der Waals surface area contributed by atoms with E-state index in [-0.39, 0.29) is 6.03 Å². The molecule has 2 heterocycles. The summed E-state index contributed by atoms with van der Waals surface area (Å²) < 4.78 is 0. The van der Waals surface area contributed by atoms with Crippen LogP contribution in [0.15, 0.2) is 36.5 Å². The fraction of sp³-hybridized carbons (Fsp3) is 0.455. The van der Waals surface area contributed by atoms with Crippen LogP contribution in [0.5, 0.6) is 0 Å². The predicted octanol–water partition coefficient (Wildman–Crippen LogP) is 4.40. The SMILES string of the molecule is CCCCc1ccc(NC(=O)N2CCN(c3ccc(C)cn3)CC2)c(C)c1. The molecule has 1 aromatic heterocycles. The summed E-state index contributed by atoms with van der Waals surface area (Å²) in [5.41, 5.74) is 4.53. The van der Waals surface area contributed by atoms with Crippen LogP contribution in [-0.2, 0) is 6.42 Å². The van der Waals surface area contributed by atoms with Crippen molar-refractivity contribution < 1.29 is 4.79 Å². The third-order valence-corrected chi connectivity index (χ3v) is 5.14. The van der Waals surface area contributed by atoms with Gasteiger partial charge in [0, 0.05) is 38.1 Å². The van der Waals surface area contributed by atoms with E-state index < -0.39 is 0 Å². The molecule has 0 saturated carbocycles. The second kappa shape index (κ2) is 8.89. The third kappa shape index (κ3) is 5.00. The number of piperazine rings is 1. The first-order valence-electron chi connectivity index (χ1n) is 9.90. The number of urea groups is 1. The summed E-state index contributed by atoms with van der Waals surface area (Å²) in [6, 6.07) is 10.5. The number of carbonyl (C=O) groups is 1. The summed E-state index contributed by atoms with van der Waals surface area (Å²) in [5, 5.41) is 3.08. The van der Waals surface area contributed by atoms with Gasteiger partial charge in [-0.25, -0.2) is 9.78 Å². The van der Waals surface area contributed by atoms with Gasteiger partial charge in [-0.05, 0) is 55.5 Å². The first-order valence-corrected chi connectivity index (χ1v) is 9.90. The third-order valence-electron chi connectivity index (χ3n) is 5.14. The molecule has 0 atom stereocenters. The largest absolute Gasteiger partial charge is 0.353 e. The highest BCUT2D eigenvalue weighted by atomic mass is 16.2. The zero-order chi connectivity index (χ0) is 19.2. The predicted molar refractivity (Wildman–Crippen MR) is 112 cm³/mol. The van der Waals surface area contributed by atoms with Gasteiger partial charge in [0.25, 0.3) is 0 Å². The van der Waals surface area contributed by atoms with Crippen molar-refractivity contribution in [3.63, 3.8) is 0 Å². The Morgan fingerprint density at radius 2 is 1.89 bits per heavy atom. The number of rotatable bonds is 5. The molecule has 0 bridgehead atoms. The van der Waals surface area contributed by atoms with Crippen molar-refractivity contribution in [2.45, 2.75) is 40.0 Å². The van der Waals surface area contributed by atoms with Crippen LogP contribution in [0.3, 0.4) is 0 Å². The van der Waals surface area contributed by atoms with E-state index in [1.54, 1.807) is 0 Å². The van der Waals surface area contributed by atoms with Crippen LogP contribution < -0.4 is 10.2 Å². The Hall–Kier alpha value is -2.56. The number of hydrogen-bond donors (Lipinski definition) is 1. The van der Waals surface area contributed by atoms with E-state index in [0.29, 0.717) is 13.1 Å². The van der Waals surface area contributed by atoms with E-state index in [9.17, 15) is 4.79 Å². The summed E-state index contributed by atoms with van der Waals surface area (Å²) in [5.74, 6) is 0.985. The number of pyridine rings is 1. The molecule has 27 heavy (non-hydrogen) atoms. The first-order chi connectivity index (χ1) is 13.1. The van der Waals surface area contributed by atoms with E-state index >= 15 is 0 Å². The van der Waals surface area contributed by atoms with Gasteiger partial charge in [-0.3, -0.25) is 0 Å². The molecule has 3 rings (SSSR count). The summed E-state index contributed by atoms with van der Waals surface area (Å²) in [6.45, 7) is 9.32. The molecule has 144 valence electrons. The Kier molecular flexibility index (Phi) is 6.32. The molecule has 1 N–H and O–H groups in total. The van der Waals surface area contributed by atoms with Crippen LogP contribution in [0.25, 0.3) is 0 Å². The highest BCUT2D eigenvalue weighted by Crippen LogP contribution is 2.19. The van der Waals surface area contributed by atoms with Gasteiger partial charge in [0.05, 0.1) is 0 Å². The Morgan fingerprint density at radius 3 is 2.52 bits per heavy atom. The number of aromatic nitrogens is 1. The summed E-state index contributed by atoms with van der Waals surface area (Å²) in [4.78, 5) is 21.2. The van der Waals surface area contributed by atoms with Gasteiger partial charge < -0.3 is 15.1 Å². The molecule has 1 fully saturated rings. The fourth-order valence-electron chi connectivity index (χ4n) is 3.38. The van der Waals surface area contributed by atoms with Crippen LogP contribution in [0.2, 0.25) is 0 Å². The van der Waals surface area contributed by atoms with Crippen LogP contribution >= 0.6 is 0 Å². The van der Waals surface area contributed by atoms with E-state index in [4.69, 9.17) is 0 Å². The molecule has 0 spiro atoms. The molecule has 0 aliphatic carbocycles. The van der Waals surface area contributed by atoms with Gasteiger partial charge >= 0.3 is 6.03 Å². The zero-order valence-electron chi connectivity index (χ0n) is 16.7. The quantitative estimate of drug-likeness (QED) is 0.853. The Morgan fingerprint density at radius 1 is 1.11 bits per heavy atom. The molecule has 5 nitrogen and oxygen atoms in total. The molecular weight excluding hydrogens is 336 g/mol. The zero-order valence-corrected chi connectivity index (χ0v) is 16.7. The minimum Gasteiger partial charge on any atom is -0.353 e. The average Bonchev–Trinajstić information content (AvgIpc) is 2.69. The van der Waals surface area contributed by atoms with Crippen LogP contribution in [0.1, 0.15) is 36.5 Å². The lowest BCUT2D eigenvalue weighted by atomic mass is 10.0. The van der Waals surface area contributed by atoms with Crippen molar-refractivity contribution in [1.82, 2.24) is 9.88 Å². The van der Waals surface area contributed by atoms with Crippen molar-refractivity contribution >= 4 is 17.5 Å². The minimum absolute atomic E-state index is 0.0177. The minimum atomic E-state index is -0.0177. The lowest BCUT2D eigenvalue weighted by Gasteiger charge is -2.35. The van der Waals surface area contributed by atoms with Crippen molar-refractivity contribution in [3.8, 4) is 0 Å². The van der Waals surface area contributed by atoms with Crippen molar-refractivity contribution in [1.29, 1.82) is 0 Å². The van der Waals surface area contributed by atoms with Crippen molar-refractivity contribution in [2.75, 3.05) is 36.4 Å². The number of benzene rings is 1. The molecule has 1 saturated heterocycles. The van der Waals surface area contributed by atoms with E-state index in [0.717, 1.165) is 42.1 Å². The number of hydrogen-bond acceptors (Lipinski definition) is 3. The van der Waals surface area contributed by atoms with Gasteiger partial charge in [-0.1, -0.05) is 31.5 Å². The molecule has 1 aliphatic heterocycles. The average molecular weight is 367 g/mol. The van der Waals surface area contributed by atoms with E-state index in [2.05, 4.69) is 53.3 Å². The maximum atomic E-state index is 12.6. The molecule has 0 unspecified atom stereocenters.